The highest BCUT2D eigenvalue weighted by molar-refractivity contribution is 6.31. The van der Waals surface area contributed by atoms with Crippen LogP contribution >= 0.6 is 23.2 Å². The first-order chi connectivity index (χ1) is 19.3. The minimum atomic E-state index is -0.243. The lowest BCUT2D eigenvalue weighted by Crippen LogP contribution is -2.44. The fourth-order valence-corrected chi connectivity index (χ4v) is 4.31. The highest BCUT2D eigenvalue weighted by Crippen LogP contribution is 2.23. The van der Waals surface area contributed by atoms with E-state index in [1.807, 2.05) is 74.5 Å². The lowest BCUT2D eigenvalue weighted by atomic mass is 10.2. The van der Waals surface area contributed by atoms with E-state index < -0.39 is 0 Å². The van der Waals surface area contributed by atoms with Crippen LogP contribution in [0.1, 0.15) is 11.1 Å². The molecule has 0 aliphatic rings. The highest BCUT2D eigenvalue weighted by Gasteiger charge is 2.22. The second-order valence-corrected chi connectivity index (χ2v) is 9.98. The third-order valence-corrected chi connectivity index (χ3v) is 7.12. The molecule has 6 nitrogen and oxygen atoms in total. The van der Waals surface area contributed by atoms with Crippen molar-refractivity contribution < 1.29 is 19.1 Å². The van der Waals surface area contributed by atoms with Crippen molar-refractivity contribution in [2.45, 2.75) is 13.8 Å². The molecule has 8 heteroatoms. The Morgan fingerprint density at radius 1 is 0.600 bits per heavy atom. The van der Waals surface area contributed by atoms with Gasteiger partial charge in [-0.25, -0.2) is 0 Å². The Bertz CT molecular complexity index is 1340. The molecule has 0 spiro atoms. The lowest BCUT2D eigenvalue weighted by molar-refractivity contribution is -0.122. The zero-order chi connectivity index (χ0) is 28.5. The molecule has 0 atom stereocenters. The summed E-state index contributed by atoms with van der Waals surface area (Å²) in [5, 5.41) is 1.26. The maximum Gasteiger partial charge on any atom is 0.264 e. The number of rotatable bonds is 11. The van der Waals surface area contributed by atoms with Crippen LogP contribution in [0.15, 0.2) is 97.1 Å². The normalized spacial score (nSPS) is 10.6. The van der Waals surface area contributed by atoms with E-state index >= 15 is 0 Å². The van der Waals surface area contributed by atoms with Gasteiger partial charge in [-0.3, -0.25) is 9.59 Å². The summed E-state index contributed by atoms with van der Waals surface area (Å²) in [5.74, 6) is 0.622. The number of hydrogen-bond donors (Lipinski definition) is 0. The van der Waals surface area contributed by atoms with Crippen molar-refractivity contribution in [3.8, 4) is 11.5 Å². The number of anilines is 2. The number of para-hydroxylation sites is 2. The molecule has 0 aromatic heterocycles. The predicted octanol–water partition coefficient (Wildman–Crippen LogP) is 7.13. The Balaban J connectivity index is 1.49. The van der Waals surface area contributed by atoms with E-state index in [9.17, 15) is 9.59 Å². The monoisotopic (exact) mass is 576 g/mol. The van der Waals surface area contributed by atoms with E-state index in [0.29, 0.717) is 32.9 Å². The summed E-state index contributed by atoms with van der Waals surface area (Å²) in [4.78, 5) is 30.0. The summed E-state index contributed by atoms with van der Waals surface area (Å²) in [6, 6.07) is 29.1. The van der Waals surface area contributed by atoms with Gasteiger partial charge in [0.1, 0.15) is 11.5 Å². The molecule has 40 heavy (non-hydrogen) atoms. The first kappa shape index (κ1) is 29.0. The summed E-state index contributed by atoms with van der Waals surface area (Å²) in [6.45, 7) is 3.89. The molecule has 2 amide bonds. The number of carbonyl (C=O) groups is 2. The third kappa shape index (κ3) is 7.78. The molecule has 0 bridgehead atoms. The molecule has 4 aromatic carbocycles. The van der Waals surface area contributed by atoms with Crippen molar-refractivity contribution in [1.29, 1.82) is 0 Å². The van der Waals surface area contributed by atoms with Crippen molar-refractivity contribution in [2.24, 2.45) is 0 Å². The predicted molar refractivity (Wildman–Crippen MR) is 161 cm³/mol. The summed E-state index contributed by atoms with van der Waals surface area (Å²) in [5.41, 5.74) is 3.13. The lowest BCUT2D eigenvalue weighted by Gasteiger charge is -2.28. The minimum absolute atomic E-state index is 0.172. The Kier molecular flexibility index (Phi) is 10.1. The summed E-state index contributed by atoms with van der Waals surface area (Å²) in [7, 11) is 0. The van der Waals surface area contributed by atoms with E-state index in [1.165, 1.54) is 0 Å². The first-order valence-corrected chi connectivity index (χ1v) is 13.6. The van der Waals surface area contributed by atoms with E-state index in [-0.39, 0.29) is 38.1 Å². The van der Waals surface area contributed by atoms with Crippen molar-refractivity contribution in [3.63, 3.8) is 0 Å². The van der Waals surface area contributed by atoms with Crippen LogP contribution in [0.2, 0.25) is 10.0 Å². The van der Waals surface area contributed by atoms with Gasteiger partial charge in [-0.15, -0.1) is 0 Å². The van der Waals surface area contributed by atoms with Gasteiger partial charge < -0.3 is 19.3 Å². The summed E-state index contributed by atoms with van der Waals surface area (Å²) >= 11 is 12.2. The van der Waals surface area contributed by atoms with Gasteiger partial charge in [0.05, 0.1) is 0 Å². The van der Waals surface area contributed by atoms with E-state index in [1.54, 1.807) is 46.2 Å². The van der Waals surface area contributed by atoms with Gasteiger partial charge in [0.2, 0.25) is 0 Å². The molecule has 4 aromatic rings. The smallest absolute Gasteiger partial charge is 0.264 e. The van der Waals surface area contributed by atoms with Crippen molar-refractivity contribution in [2.75, 3.05) is 36.1 Å². The van der Waals surface area contributed by atoms with E-state index in [0.717, 1.165) is 11.1 Å². The van der Waals surface area contributed by atoms with Crippen LogP contribution in [-0.2, 0) is 9.59 Å². The van der Waals surface area contributed by atoms with Crippen LogP contribution in [0.5, 0.6) is 11.5 Å². The molecule has 206 valence electrons. The molecule has 0 aliphatic heterocycles. The number of aryl methyl sites for hydroxylation is 2. The molecular weight excluding hydrogens is 547 g/mol. The van der Waals surface area contributed by atoms with Gasteiger partial charge in [-0.2, -0.15) is 0 Å². The number of nitrogens with zero attached hydrogens (tertiary/aromatic N) is 2. The topological polar surface area (TPSA) is 59.1 Å². The molecule has 4 rings (SSSR count). The quantitative estimate of drug-likeness (QED) is 0.190. The fourth-order valence-electron chi connectivity index (χ4n) is 4.07. The van der Waals surface area contributed by atoms with Gasteiger partial charge in [-0.05, 0) is 85.6 Å². The molecule has 0 saturated carbocycles. The zero-order valence-corrected chi connectivity index (χ0v) is 23.9. The average Bonchev–Trinajstić information content (AvgIpc) is 2.97. The minimum Gasteiger partial charge on any atom is -0.484 e. The molecule has 0 aliphatic carbocycles. The number of benzene rings is 4. The summed E-state index contributed by atoms with van der Waals surface area (Å²) in [6.07, 6.45) is 0. The Morgan fingerprint density at radius 2 is 0.975 bits per heavy atom. The average molecular weight is 578 g/mol. The maximum atomic E-state index is 13.4. The highest BCUT2D eigenvalue weighted by atomic mass is 35.5. The van der Waals surface area contributed by atoms with Gasteiger partial charge in [0.15, 0.2) is 13.2 Å². The molecule has 0 saturated heterocycles. The van der Waals surface area contributed by atoms with Crippen molar-refractivity contribution in [3.05, 3.63) is 118 Å². The number of amides is 2. The van der Waals surface area contributed by atoms with E-state index in [4.69, 9.17) is 32.7 Å². The number of halogens is 2. The summed E-state index contributed by atoms with van der Waals surface area (Å²) < 4.78 is 11.6. The Hall–Kier alpha value is -4.00. The van der Waals surface area contributed by atoms with Gasteiger partial charge in [-0.1, -0.05) is 59.6 Å². The molecule has 0 unspecified atom stereocenters. The van der Waals surface area contributed by atoms with Crippen molar-refractivity contribution >= 4 is 46.4 Å². The largest absolute Gasteiger partial charge is 0.484 e. The fraction of sp³-hybridized carbons (Fsp3) is 0.188. The molecule has 0 fully saturated rings. The molecule has 0 heterocycles. The molecular formula is C32H30Cl2N2O4. The van der Waals surface area contributed by atoms with Crippen LogP contribution in [-0.4, -0.2) is 38.1 Å². The third-order valence-electron chi connectivity index (χ3n) is 6.27. The standard InChI is InChI=1S/C32H30Cl2N2O4/c1-23-19-27(13-15-29(23)33)39-21-31(37)35(25-9-5-3-6-10-25)17-18-36(26-11-7-4-8-12-26)32(38)22-40-28-14-16-30(34)24(2)20-28/h3-16,19-20H,17-18,21-22H2,1-2H3. The second-order valence-electron chi connectivity index (χ2n) is 9.16. The van der Waals surface area contributed by atoms with Gasteiger partial charge in [0.25, 0.3) is 11.8 Å². The van der Waals surface area contributed by atoms with Crippen LogP contribution in [0.25, 0.3) is 0 Å². The zero-order valence-electron chi connectivity index (χ0n) is 22.3. The Labute approximate surface area is 244 Å². The second kappa shape index (κ2) is 13.9. The van der Waals surface area contributed by atoms with Gasteiger partial charge in [0, 0.05) is 34.5 Å². The van der Waals surface area contributed by atoms with Gasteiger partial charge >= 0.3 is 0 Å². The molecule has 0 radical (unpaired) electrons. The SMILES string of the molecule is Cc1cc(OCC(=O)N(CCN(C(=O)COc2ccc(Cl)c(C)c2)c2ccccc2)c2ccccc2)ccc1Cl. The first-order valence-electron chi connectivity index (χ1n) is 12.8. The van der Waals surface area contributed by atoms with Crippen LogP contribution in [0.3, 0.4) is 0 Å². The Morgan fingerprint density at radius 3 is 1.32 bits per heavy atom. The van der Waals surface area contributed by atoms with Crippen LogP contribution in [0, 0.1) is 13.8 Å². The van der Waals surface area contributed by atoms with Crippen LogP contribution < -0.4 is 19.3 Å². The number of ether oxygens (including phenoxy) is 2. The van der Waals surface area contributed by atoms with Crippen molar-refractivity contribution in [1.82, 2.24) is 0 Å². The maximum absolute atomic E-state index is 13.4. The number of carbonyl (C=O) groups excluding carboxylic acids is 2. The van der Waals surface area contributed by atoms with E-state index in [2.05, 4.69) is 0 Å². The van der Waals surface area contributed by atoms with Crippen LogP contribution in [0.4, 0.5) is 11.4 Å². The molecule has 0 N–H and O–H groups in total. The number of hydrogen-bond acceptors (Lipinski definition) is 4.